The first kappa shape index (κ1) is 17.4. The molecule has 1 N–H and O–H groups in total. The molecule has 0 spiro atoms. The summed E-state index contributed by atoms with van der Waals surface area (Å²) in [4.78, 5) is 29.5. The van der Waals surface area contributed by atoms with Crippen LogP contribution < -0.4 is 10.3 Å². The number of hydrogen-bond acceptors (Lipinski definition) is 3. The van der Waals surface area contributed by atoms with Crippen LogP contribution in [-0.2, 0) is 0 Å². The van der Waals surface area contributed by atoms with Crippen molar-refractivity contribution in [2.24, 2.45) is 0 Å². The number of H-pyrrole nitrogens is 1. The Kier molecular flexibility index (Phi) is 4.06. The first-order valence-electron chi connectivity index (χ1n) is 9.61. The Morgan fingerprint density at radius 2 is 1.59 bits per heavy atom. The fourth-order valence-electron chi connectivity index (χ4n) is 4.21. The summed E-state index contributed by atoms with van der Waals surface area (Å²) >= 11 is 0. The van der Waals surface area contributed by atoms with E-state index in [2.05, 4.69) is 4.98 Å². The predicted octanol–water partition coefficient (Wildman–Crippen LogP) is 4.61. The van der Waals surface area contributed by atoms with E-state index in [1.54, 1.807) is 12.1 Å². The minimum atomic E-state index is -0.791. The highest BCUT2D eigenvalue weighted by atomic mass is 16.5. The van der Waals surface area contributed by atoms with Gasteiger partial charge in [0.25, 0.3) is 5.56 Å². The number of aryl methyl sites for hydroxylation is 1. The highest BCUT2D eigenvalue weighted by Crippen LogP contribution is 2.45. The van der Waals surface area contributed by atoms with Crippen LogP contribution in [0.15, 0.2) is 83.7 Å². The van der Waals surface area contributed by atoms with Crippen molar-refractivity contribution in [3.05, 3.63) is 111 Å². The standard InChI is InChI=1S/C25H19NO3/c1-15-9-5-6-12-17(15)20-21-23(18-13-7-8-14-19(18)26-25(21)28)29-24(20)22(27)16-10-3-2-4-11-16/h2-14,20,24H,1H3,(H,26,28). The topological polar surface area (TPSA) is 59.2 Å². The summed E-state index contributed by atoms with van der Waals surface area (Å²) in [6.45, 7) is 1.99. The van der Waals surface area contributed by atoms with Crippen LogP contribution in [-0.4, -0.2) is 16.9 Å². The van der Waals surface area contributed by atoms with Crippen LogP contribution in [0.1, 0.15) is 33.0 Å². The van der Waals surface area contributed by atoms with Crippen LogP contribution in [0.3, 0.4) is 0 Å². The van der Waals surface area contributed by atoms with E-state index in [1.807, 2.05) is 73.7 Å². The Morgan fingerprint density at radius 3 is 2.38 bits per heavy atom. The van der Waals surface area contributed by atoms with Gasteiger partial charge in [0.05, 0.1) is 17.0 Å². The van der Waals surface area contributed by atoms with Crippen LogP contribution in [0.25, 0.3) is 10.9 Å². The normalized spacial score (nSPS) is 17.7. The zero-order chi connectivity index (χ0) is 20.0. The van der Waals surface area contributed by atoms with E-state index >= 15 is 0 Å². The van der Waals surface area contributed by atoms with Crippen LogP contribution in [0.5, 0.6) is 5.75 Å². The van der Waals surface area contributed by atoms with Crippen LogP contribution in [0, 0.1) is 6.92 Å². The second-order valence-electron chi connectivity index (χ2n) is 7.35. The number of ketones is 1. The molecule has 0 saturated heterocycles. The third-order valence-electron chi connectivity index (χ3n) is 5.61. The molecule has 4 aromatic rings. The second-order valence-corrected chi connectivity index (χ2v) is 7.35. The molecule has 0 radical (unpaired) electrons. The van der Waals surface area contributed by atoms with Gasteiger partial charge in [-0.25, -0.2) is 0 Å². The van der Waals surface area contributed by atoms with Gasteiger partial charge in [0.2, 0.25) is 5.78 Å². The van der Waals surface area contributed by atoms with Gasteiger partial charge in [-0.1, -0.05) is 66.7 Å². The minimum Gasteiger partial charge on any atom is -0.480 e. The monoisotopic (exact) mass is 381 g/mol. The zero-order valence-corrected chi connectivity index (χ0v) is 15.9. The lowest BCUT2D eigenvalue weighted by Gasteiger charge is -2.20. The number of nitrogens with one attached hydrogen (secondary N) is 1. The fourth-order valence-corrected chi connectivity index (χ4v) is 4.21. The van der Waals surface area contributed by atoms with Crippen LogP contribution in [0.2, 0.25) is 0 Å². The maximum Gasteiger partial charge on any atom is 0.256 e. The molecule has 142 valence electrons. The fraction of sp³-hybridized carbons (Fsp3) is 0.120. The molecular weight excluding hydrogens is 362 g/mol. The van der Waals surface area contributed by atoms with Gasteiger partial charge in [0, 0.05) is 10.9 Å². The molecule has 1 aliphatic rings. The maximum atomic E-state index is 13.4. The average Bonchev–Trinajstić information content (AvgIpc) is 3.15. The van der Waals surface area contributed by atoms with Gasteiger partial charge in [0.15, 0.2) is 6.10 Å². The number of para-hydroxylation sites is 1. The van der Waals surface area contributed by atoms with E-state index in [-0.39, 0.29) is 11.3 Å². The van der Waals surface area contributed by atoms with Crippen molar-refractivity contribution in [2.75, 3.05) is 0 Å². The van der Waals surface area contributed by atoms with Gasteiger partial charge in [0.1, 0.15) is 5.75 Å². The summed E-state index contributed by atoms with van der Waals surface area (Å²) in [5, 5.41) is 0.809. The molecule has 0 amide bonds. The summed E-state index contributed by atoms with van der Waals surface area (Å²) in [6.07, 6.45) is -0.791. The lowest BCUT2D eigenvalue weighted by atomic mass is 9.83. The van der Waals surface area contributed by atoms with Crippen molar-refractivity contribution in [2.45, 2.75) is 18.9 Å². The maximum absolute atomic E-state index is 13.4. The molecule has 1 aromatic heterocycles. The number of aromatic nitrogens is 1. The highest BCUT2D eigenvalue weighted by Gasteiger charge is 2.44. The van der Waals surface area contributed by atoms with Crippen LogP contribution in [0.4, 0.5) is 0 Å². The van der Waals surface area contributed by atoms with E-state index in [4.69, 9.17) is 4.74 Å². The largest absolute Gasteiger partial charge is 0.480 e. The predicted molar refractivity (Wildman–Crippen MR) is 113 cm³/mol. The lowest BCUT2D eigenvalue weighted by Crippen LogP contribution is -2.31. The van der Waals surface area contributed by atoms with Gasteiger partial charge in [-0.3, -0.25) is 9.59 Å². The summed E-state index contributed by atoms with van der Waals surface area (Å²) in [6, 6.07) is 24.5. The number of pyridine rings is 1. The second kappa shape index (κ2) is 6.74. The van der Waals surface area contributed by atoms with Crippen LogP contribution >= 0.6 is 0 Å². The van der Waals surface area contributed by atoms with Crippen molar-refractivity contribution in [3.8, 4) is 5.75 Å². The highest BCUT2D eigenvalue weighted by molar-refractivity contribution is 6.02. The Morgan fingerprint density at radius 1 is 0.897 bits per heavy atom. The number of aromatic amines is 1. The van der Waals surface area contributed by atoms with E-state index in [0.717, 1.165) is 16.5 Å². The Bertz CT molecular complexity index is 1290. The molecule has 0 bridgehead atoms. The van der Waals surface area contributed by atoms with Crippen molar-refractivity contribution in [3.63, 3.8) is 0 Å². The third-order valence-corrected chi connectivity index (χ3v) is 5.61. The lowest BCUT2D eigenvalue weighted by molar-refractivity contribution is 0.0808. The number of fused-ring (bicyclic) bond motifs is 3. The molecule has 0 fully saturated rings. The van der Waals surface area contributed by atoms with Gasteiger partial charge >= 0.3 is 0 Å². The number of Topliss-reactive ketones (excluding diaryl/α,β-unsaturated/α-hetero) is 1. The molecule has 2 heterocycles. The summed E-state index contributed by atoms with van der Waals surface area (Å²) in [7, 11) is 0. The van der Waals surface area contributed by atoms with Crippen molar-refractivity contribution < 1.29 is 9.53 Å². The first-order chi connectivity index (χ1) is 14.1. The van der Waals surface area contributed by atoms with E-state index in [0.29, 0.717) is 22.4 Å². The van der Waals surface area contributed by atoms with Gasteiger partial charge in [-0.05, 0) is 30.2 Å². The Hall–Kier alpha value is -3.66. The number of ether oxygens (including phenoxy) is 1. The van der Waals surface area contributed by atoms with E-state index in [9.17, 15) is 9.59 Å². The summed E-state index contributed by atoms with van der Waals surface area (Å²) < 4.78 is 6.27. The average molecular weight is 381 g/mol. The number of carbonyl (C=O) groups excluding carboxylic acids is 1. The SMILES string of the molecule is Cc1ccccc1C1c2c(c3ccccc3[nH]c2=O)OC1C(=O)c1ccccc1. The molecule has 4 heteroatoms. The van der Waals surface area contributed by atoms with E-state index < -0.39 is 12.0 Å². The molecule has 4 nitrogen and oxygen atoms in total. The van der Waals surface area contributed by atoms with Gasteiger partial charge in [-0.2, -0.15) is 0 Å². The molecule has 0 saturated carbocycles. The van der Waals surface area contributed by atoms with Crippen molar-refractivity contribution in [1.82, 2.24) is 4.98 Å². The minimum absolute atomic E-state index is 0.126. The number of hydrogen-bond donors (Lipinski definition) is 1. The first-order valence-corrected chi connectivity index (χ1v) is 9.61. The Labute approximate surface area is 167 Å². The molecule has 2 unspecified atom stereocenters. The van der Waals surface area contributed by atoms with Crippen molar-refractivity contribution >= 4 is 16.7 Å². The molecule has 3 aromatic carbocycles. The molecule has 29 heavy (non-hydrogen) atoms. The summed E-state index contributed by atoms with van der Waals surface area (Å²) in [5.74, 6) is -0.0855. The molecule has 5 rings (SSSR count). The smallest absolute Gasteiger partial charge is 0.256 e. The molecule has 1 aliphatic heterocycles. The van der Waals surface area contributed by atoms with Gasteiger partial charge < -0.3 is 9.72 Å². The quantitative estimate of drug-likeness (QED) is 0.527. The van der Waals surface area contributed by atoms with E-state index in [1.165, 1.54) is 0 Å². The number of carbonyl (C=O) groups is 1. The molecule has 0 aliphatic carbocycles. The number of benzene rings is 3. The molecule has 2 atom stereocenters. The molecular formula is C25H19NO3. The van der Waals surface area contributed by atoms with Gasteiger partial charge in [-0.15, -0.1) is 0 Å². The summed E-state index contributed by atoms with van der Waals surface area (Å²) in [5.41, 5.74) is 3.54. The number of rotatable bonds is 3. The Balaban J connectivity index is 1.76. The zero-order valence-electron chi connectivity index (χ0n) is 15.9. The third kappa shape index (κ3) is 2.76. The van der Waals surface area contributed by atoms with Crippen molar-refractivity contribution in [1.29, 1.82) is 0 Å².